The van der Waals surface area contributed by atoms with E-state index in [1.807, 2.05) is 0 Å². The van der Waals surface area contributed by atoms with Gasteiger partial charge in [0.2, 0.25) is 0 Å². The zero-order valence-electron chi connectivity index (χ0n) is 9.00. The van der Waals surface area contributed by atoms with Crippen molar-refractivity contribution in [2.45, 2.75) is 18.5 Å². The van der Waals surface area contributed by atoms with Gasteiger partial charge in [-0.3, -0.25) is 0 Å². The number of halogens is 9. The maximum Gasteiger partial charge on any atom is 0.421 e. The standard InChI is InChI=1S/C9H4F9NO/c10-7(11,12)2-1-3(20)5(9(16,17)18)6(19)4(2)8(13,14)15/h1,20H,19H2. The molecule has 1 rings (SSSR count). The van der Waals surface area contributed by atoms with Crippen LogP contribution in [0.15, 0.2) is 6.07 Å². The van der Waals surface area contributed by atoms with E-state index in [1.54, 1.807) is 0 Å². The lowest BCUT2D eigenvalue weighted by atomic mass is 9.98. The molecule has 0 aromatic heterocycles. The molecule has 2 nitrogen and oxygen atoms in total. The summed E-state index contributed by atoms with van der Waals surface area (Å²) in [6.45, 7) is 0. The number of nitrogens with two attached hydrogens (primary N) is 1. The smallest absolute Gasteiger partial charge is 0.421 e. The van der Waals surface area contributed by atoms with Gasteiger partial charge in [-0.15, -0.1) is 0 Å². The molecule has 0 spiro atoms. The normalized spacial score (nSPS) is 13.7. The highest BCUT2D eigenvalue weighted by Gasteiger charge is 2.49. The summed E-state index contributed by atoms with van der Waals surface area (Å²) in [5.74, 6) is -2.03. The van der Waals surface area contributed by atoms with E-state index in [4.69, 9.17) is 5.11 Å². The van der Waals surface area contributed by atoms with Crippen molar-refractivity contribution >= 4 is 5.69 Å². The molecule has 0 aliphatic heterocycles. The van der Waals surface area contributed by atoms with Gasteiger partial charge >= 0.3 is 18.5 Å². The zero-order chi connectivity index (χ0) is 16.1. The average molecular weight is 313 g/mol. The van der Waals surface area contributed by atoms with Gasteiger partial charge < -0.3 is 10.8 Å². The van der Waals surface area contributed by atoms with Crippen LogP contribution < -0.4 is 5.73 Å². The highest BCUT2D eigenvalue weighted by molar-refractivity contribution is 5.65. The van der Waals surface area contributed by atoms with E-state index in [0.717, 1.165) is 0 Å². The van der Waals surface area contributed by atoms with Crippen molar-refractivity contribution in [3.8, 4) is 5.75 Å². The molecule has 0 atom stereocenters. The summed E-state index contributed by atoms with van der Waals surface area (Å²) in [6, 6.07) is -0.651. The molecule has 114 valence electrons. The molecule has 11 heteroatoms. The zero-order valence-corrected chi connectivity index (χ0v) is 9.00. The summed E-state index contributed by atoms with van der Waals surface area (Å²) < 4.78 is 112. The van der Waals surface area contributed by atoms with E-state index in [0.29, 0.717) is 0 Å². The van der Waals surface area contributed by atoms with Crippen LogP contribution in [0.4, 0.5) is 45.2 Å². The Morgan fingerprint density at radius 2 is 1.15 bits per heavy atom. The van der Waals surface area contributed by atoms with Gasteiger partial charge in [0.1, 0.15) is 11.3 Å². The third-order valence-electron chi connectivity index (χ3n) is 2.22. The molecule has 0 radical (unpaired) electrons. The number of aromatic hydroxyl groups is 1. The molecule has 0 amide bonds. The molecule has 20 heavy (non-hydrogen) atoms. The van der Waals surface area contributed by atoms with Crippen molar-refractivity contribution < 1.29 is 44.6 Å². The van der Waals surface area contributed by atoms with E-state index < -0.39 is 52.7 Å². The molecule has 0 fully saturated rings. The van der Waals surface area contributed by atoms with Crippen LogP contribution in [0.25, 0.3) is 0 Å². The minimum Gasteiger partial charge on any atom is -0.507 e. The van der Waals surface area contributed by atoms with Crippen LogP contribution in [0.1, 0.15) is 16.7 Å². The van der Waals surface area contributed by atoms with Crippen molar-refractivity contribution in [3.63, 3.8) is 0 Å². The van der Waals surface area contributed by atoms with Crippen LogP contribution >= 0.6 is 0 Å². The van der Waals surface area contributed by atoms with E-state index in [1.165, 1.54) is 0 Å². The van der Waals surface area contributed by atoms with Crippen molar-refractivity contribution in [1.29, 1.82) is 0 Å². The van der Waals surface area contributed by atoms with Crippen molar-refractivity contribution in [3.05, 3.63) is 22.8 Å². The number of benzene rings is 1. The molecule has 0 heterocycles. The minimum absolute atomic E-state index is 0.651. The Hall–Kier alpha value is -1.81. The van der Waals surface area contributed by atoms with Gasteiger partial charge in [-0.1, -0.05) is 0 Å². The van der Waals surface area contributed by atoms with Gasteiger partial charge in [0, 0.05) is 0 Å². The fraction of sp³-hybridized carbons (Fsp3) is 0.333. The molecule has 0 unspecified atom stereocenters. The fourth-order valence-electron chi connectivity index (χ4n) is 1.52. The molecule has 0 saturated carbocycles. The van der Waals surface area contributed by atoms with Crippen LogP contribution in [0.2, 0.25) is 0 Å². The number of hydrogen-bond acceptors (Lipinski definition) is 2. The SMILES string of the molecule is Nc1c(C(F)(F)F)c(O)cc(C(F)(F)F)c1C(F)(F)F. The lowest BCUT2D eigenvalue weighted by Crippen LogP contribution is -2.22. The summed E-state index contributed by atoms with van der Waals surface area (Å²) in [5.41, 5.74) is -5.21. The number of phenolic OH excluding ortho intramolecular Hbond substituents is 1. The average Bonchev–Trinajstić information content (AvgIpc) is 2.09. The Bertz CT molecular complexity index is 526. The Morgan fingerprint density at radius 1 is 0.750 bits per heavy atom. The van der Waals surface area contributed by atoms with Crippen LogP contribution in [0, 0.1) is 0 Å². The van der Waals surface area contributed by atoms with Crippen molar-refractivity contribution in [1.82, 2.24) is 0 Å². The lowest BCUT2D eigenvalue weighted by molar-refractivity contribution is -0.163. The molecule has 0 bridgehead atoms. The third-order valence-corrected chi connectivity index (χ3v) is 2.22. The van der Waals surface area contributed by atoms with Gasteiger partial charge in [0.15, 0.2) is 0 Å². The fourth-order valence-corrected chi connectivity index (χ4v) is 1.52. The number of hydrogen-bond donors (Lipinski definition) is 2. The number of phenols is 1. The first-order chi connectivity index (χ1) is 8.67. The second-order valence-corrected chi connectivity index (χ2v) is 3.60. The number of rotatable bonds is 0. The van der Waals surface area contributed by atoms with Crippen LogP contribution in [0.3, 0.4) is 0 Å². The minimum atomic E-state index is -5.78. The number of nitrogen functional groups attached to an aromatic ring is 1. The molecular formula is C9H4F9NO. The third kappa shape index (κ3) is 2.85. The summed E-state index contributed by atoms with van der Waals surface area (Å²) in [4.78, 5) is 0. The Labute approximate surface area is 104 Å². The van der Waals surface area contributed by atoms with Crippen LogP contribution in [-0.2, 0) is 18.5 Å². The molecule has 0 aliphatic rings. The summed E-state index contributed by atoms with van der Waals surface area (Å²) >= 11 is 0. The molecule has 0 aliphatic carbocycles. The van der Waals surface area contributed by atoms with E-state index >= 15 is 0 Å². The predicted molar refractivity (Wildman–Crippen MR) is 47.5 cm³/mol. The van der Waals surface area contributed by atoms with E-state index in [-0.39, 0.29) is 0 Å². The molecule has 3 N–H and O–H groups in total. The Balaban J connectivity index is 3.86. The van der Waals surface area contributed by atoms with Crippen LogP contribution in [-0.4, -0.2) is 5.11 Å². The topological polar surface area (TPSA) is 46.2 Å². The second kappa shape index (κ2) is 4.35. The van der Waals surface area contributed by atoms with Gasteiger partial charge in [-0.05, 0) is 6.07 Å². The Morgan fingerprint density at radius 3 is 1.45 bits per heavy atom. The van der Waals surface area contributed by atoms with Gasteiger partial charge in [0.25, 0.3) is 0 Å². The second-order valence-electron chi connectivity index (χ2n) is 3.60. The Kier molecular flexibility index (Phi) is 3.53. The van der Waals surface area contributed by atoms with Gasteiger partial charge in [0.05, 0.1) is 16.8 Å². The monoisotopic (exact) mass is 313 g/mol. The molecule has 1 aromatic rings. The lowest BCUT2D eigenvalue weighted by Gasteiger charge is -2.21. The van der Waals surface area contributed by atoms with Crippen LogP contribution in [0.5, 0.6) is 5.75 Å². The van der Waals surface area contributed by atoms with Gasteiger partial charge in [-0.25, -0.2) is 0 Å². The van der Waals surface area contributed by atoms with Gasteiger partial charge in [-0.2, -0.15) is 39.5 Å². The molecular weight excluding hydrogens is 309 g/mol. The quantitative estimate of drug-likeness (QED) is 0.561. The van der Waals surface area contributed by atoms with E-state index in [2.05, 4.69) is 5.73 Å². The maximum absolute atomic E-state index is 12.5. The van der Waals surface area contributed by atoms with Crippen molar-refractivity contribution in [2.24, 2.45) is 0 Å². The van der Waals surface area contributed by atoms with Crippen molar-refractivity contribution in [2.75, 3.05) is 5.73 Å². The summed E-state index contributed by atoms with van der Waals surface area (Å²) in [6.07, 6.45) is -17.0. The largest absolute Gasteiger partial charge is 0.507 e. The predicted octanol–water partition coefficient (Wildman–Crippen LogP) is 4.03. The number of alkyl halides is 9. The number of anilines is 1. The van der Waals surface area contributed by atoms with E-state index in [9.17, 15) is 39.5 Å². The first-order valence-electron chi connectivity index (χ1n) is 4.54. The summed E-state index contributed by atoms with van der Waals surface area (Å²) in [5, 5.41) is 8.89. The summed E-state index contributed by atoms with van der Waals surface area (Å²) in [7, 11) is 0. The maximum atomic E-state index is 12.5. The molecule has 0 saturated heterocycles. The highest BCUT2D eigenvalue weighted by Crippen LogP contribution is 2.50. The highest BCUT2D eigenvalue weighted by atomic mass is 19.4. The first kappa shape index (κ1) is 16.2. The molecule has 1 aromatic carbocycles. The first-order valence-corrected chi connectivity index (χ1v) is 4.54.